The Kier molecular flexibility index (Phi) is 5.33. The molecule has 136 valence electrons. The first-order valence-corrected chi connectivity index (χ1v) is 9.20. The number of benzene rings is 2. The van der Waals surface area contributed by atoms with E-state index in [9.17, 15) is 9.59 Å². The molecule has 0 spiro atoms. The second kappa shape index (κ2) is 7.50. The lowest BCUT2D eigenvalue weighted by Crippen LogP contribution is -2.40. The van der Waals surface area contributed by atoms with Gasteiger partial charge in [-0.05, 0) is 68.0 Å². The Morgan fingerprint density at radius 1 is 1.04 bits per heavy atom. The number of aryl methyl sites for hydroxylation is 2. The molecule has 0 unspecified atom stereocenters. The molecule has 1 fully saturated rings. The van der Waals surface area contributed by atoms with E-state index in [1.165, 1.54) is 0 Å². The monoisotopic (exact) mass is 370 g/mol. The average Bonchev–Trinajstić information content (AvgIpc) is 3.42. The van der Waals surface area contributed by atoms with Gasteiger partial charge in [0.15, 0.2) is 0 Å². The van der Waals surface area contributed by atoms with Gasteiger partial charge in [-0.2, -0.15) is 0 Å². The number of carbonyl (C=O) groups is 2. The zero-order valence-corrected chi connectivity index (χ0v) is 15.8. The van der Waals surface area contributed by atoms with E-state index in [0.717, 1.165) is 22.4 Å². The molecular formula is C21H23ClN2O2. The van der Waals surface area contributed by atoms with Crippen LogP contribution < -0.4 is 10.6 Å². The van der Waals surface area contributed by atoms with E-state index in [-0.39, 0.29) is 11.8 Å². The second-order valence-electron chi connectivity index (χ2n) is 6.99. The summed E-state index contributed by atoms with van der Waals surface area (Å²) in [5.74, 6) is -0.399. The molecule has 0 atom stereocenters. The van der Waals surface area contributed by atoms with Crippen LogP contribution in [0.3, 0.4) is 0 Å². The number of hydrogen-bond donors (Lipinski definition) is 2. The topological polar surface area (TPSA) is 58.2 Å². The summed E-state index contributed by atoms with van der Waals surface area (Å²) >= 11 is 5.87. The van der Waals surface area contributed by atoms with Crippen molar-refractivity contribution in [2.24, 2.45) is 5.41 Å². The number of nitrogens with one attached hydrogen (secondary N) is 2. The van der Waals surface area contributed by atoms with Crippen molar-refractivity contribution in [3.8, 4) is 0 Å². The fraction of sp³-hybridized carbons (Fsp3) is 0.333. The molecule has 2 N–H and O–H groups in total. The van der Waals surface area contributed by atoms with Gasteiger partial charge in [-0.3, -0.25) is 9.59 Å². The van der Waals surface area contributed by atoms with Crippen LogP contribution in [0.15, 0.2) is 42.5 Å². The van der Waals surface area contributed by atoms with E-state index >= 15 is 0 Å². The van der Waals surface area contributed by atoms with Crippen LogP contribution in [-0.2, 0) is 16.0 Å². The number of rotatable bonds is 6. The average molecular weight is 371 g/mol. The van der Waals surface area contributed by atoms with Gasteiger partial charge in [-0.15, -0.1) is 0 Å². The maximum Gasteiger partial charge on any atom is 0.240 e. The van der Waals surface area contributed by atoms with Gasteiger partial charge < -0.3 is 10.6 Å². The summed E-state index contributed by atoms with van der Waals surface area (Å²) in [6.07, 6.45) is 1.89. The summed E-state index contributed by atoms with van der Waals surface area (Å²) in [6.45, 7) is 4.42. The number of anilines is 1. The Hall–Kier alpha value is -2.33. The highest BCUT2D eigenvalue weighted by atomic mass is 35.5. The lowest BCUT2D eigenvalue weighted by molar-refractivity contribution is -0.134. The molecule has 2 amide bonds. The Labute approximate surface area is 158 Å². The molecule has 0 aromatic heterocycles. The minimum atomic E-state index is -0.920. The molecule has 5 heteroatoms. The van der Waals surface area contributed by atoms with Crippen molar-refractivity contribution in [2.45, 2.75) is 33.1 Å². The van der Waals surface area contributed by atoms with E-state index < -0.39 is 5.41 Å². The van der Waals surface area contributed by atoms with Crippen molar-refractivity contribution in [3.05, 3.63) is 64.2 Å². The van der Waals surface area contributed by atoms with E-state index in [4.69, 9.17) is 11.6 Å². The third-order valence-corrected chi connectivity index (χ3v) is 5.13. The van der Waals surface area contributed by atoms with E-state index in [1.807, 2.05) is 56.3 Å². The summed E-state index contributed by atoms with van der Waals surface area (Å²) in [4.78, 5) is 25.2. The van der Waals surface area contributed by atoms with Crippen molar-refractivity contribution in [2.75, 3.05) is 11.9 Å². The van der Waals surface area contributed by atoms with Crippen LogP contribution in [0.4, 0.5) is 5.69 Å². The summed E-state index contributed by atoms with van der Waals surface area (Å²) < 4.78 is 0. The molecule has 0 aliphatic heterocycles. The molecule has 0 radical (unpaired) electrons. The number of amides is 2. The minimum absolute atomic E-state index is 0.186. The molecule has 4 nitrogen and oxygen atoms in total. The predicted octanol–water partition coefficient (Wildman–Crippen LogP) is 4.03. The van der Waals surface area contributed by atoms with Crippen LogP contribution in [0.25, 0.3) is 0 Å². The highest BCUT2D eigenvalue weighted by molar-refractivity contribution is 6.30. The summed E-state index contributed by atoms with van der Waals surface area (Å²) in [5.41, 5.74) is 3.01. The van der Waals surface area contributed by atoms with Crippen molar-refractivity contribution in [1.82, 2.24) is 5.32 Å². The van der Waals surface area contributed by atoms with Crippen LogP contribution in [0.1, 0.15) is 29.5 Å². The lowest BCUT2D eigenvalue weighted by atomic mass is 10.0. The van der Waals surface area contributed by atoms with E-state index in [0.29, 0.717) is 30.8 Å². The standard InChI is InChI=1S/C21H23ClN2O2/c1-14-3-4-15(2)18(13-14)24-20(26)21(10-11-21)19(25)23-12-9-16-5-7-17(22)8-6-16/h3-8,13H,9-12H2,1-2H3,(H,23,25)(H,24,26). The highest BCUT2D eigenvalue weighted by Crippen LogP contribution is 2.47. The first-order valence-electron chi connectivity index (χ1n) is 8.82. The number of carbonyl (C=O) groups excluding carboxylic acids is 2. The second-order valence-corrected chi connectivity index (χ2v) is 7.42. The molecule has 1 aliphatic carbocycles. The van der Waals surface area contributed by atoms with Gasteiger partial charge in [0.1, 0.15) is 5.41 Å². The first kappa shape index (κ1) is 18.5. The van der Waals surface area contributed by atoms with Gasteiger partial charge in [0.25, 0.3) is 0 Å². The van der Waals surface area contributed by atoms with Crippen molar-refractivity contribution in [1.29, 1.82) is 0 Å². The normalized spacial score (nSPS) is 14.6. The van der Waals surface area contributed by atoms with Crippen molar-refractivity contribution >= 4 is 29.1 Å². The zero-order valence-electron chi connectivity index (χ0n) is 15.1. The number of hydrogen-bond acceptors (Lipinski definition) is 2. The van der Waals surface area contributed by atoms with E-state index in [1.54, 1.807) is 0 Å². The van der Waals surface area contributed by atoms with Gasteiger partial charge in [-0.25, -0.2) is 0 Å². The molecule has 1 aliphatic rings. The number of halogens is 1. The highest BCUT2D eigenvalue weighted by Gasteiger charge is 2.56. The zero-order chi connectivity index (χ0) is 18.7. The van der Waals surface area contributed by atoms with Gasteiger partial charge in [-0.1, -0.05) is 35.9 Å². The molecule has 2 aromatic rings. The Morgan fingerprint density at radius 2 is 1.73 bits per heavy atom. The van der Waals surface area contributed by atoms with Crippen LogP contribution in [0.2, 0.25) is 5.02 Å². The van der Waals surface area contributed by atoms with Crippen LogP contribution in [0.5, 0.6) is 0 Å². The van der Waals surface area contributed by atoms with Gasteiger partial charge in [0, 0.05) is 17.3 Å². The quantitative estimate of drug-likeness (QED) is 0.754. The molecule has 3 rings (SSSR count). The fourth-order valence-corrected chi connectivity index (χ4v) is 3.06. The molecule has 2 aromatic carbocycles. The van der Waals surface area contributed by atoms with E-state index in [2.05, 4.69) is 10.6 Å². The molecule has 1 saturated carbocycles. The largest absolute Gasteiger partial charge is 0.355 e. The van der Waals surface area contributed by atoms with Gasteiger partial charge >= 0.3 is 0 Å². The molecular weight excluding hydrogens is 348 g/mol. The van der Waals surface area contributed by atoms with Crippen molar-refractivity contribution < 1.29 is 9.59 Å². The first-order chi connectivity index (χ1) is 12.4. The SMILES string of the molecule is Cc1ccc(C)c(NC(=O)C2(C(=O)NCCc3ccc(Cl)cc3)CC2)c1. The molecule has 0 bridgehead atoms. The Balaban J connectivity index is 1.57. The van der Waals surface area contributed by atoms with Gasteiger partial charge in [0.05, 0.1) is 0 Å². The lowest BCUT2D eigenvalue weighted by Gasteiger charge is -2.17. The molecule has 0 heterocycles. The molecule has 26 heavy (non-hydrogen) atoms. The maximum absolute atomic E-state index is 12.7. The summed E-state index contributed by atoms with van der Waals surface area (Å²) in [5, 5.41) is 6.54. The smallest absolute Gasteiger partial charge is 0.240 e. The molecule has 0 saturated heterocycles. The van der Waals surface area contributed by atoms with Crippen LogP contribution in [0, 0.1) is 19.3 Å². The fourth-order valence-electron chi connectivity index (χ4n) is 2.94. The van der Waals surface area contributed by atoms with Crippen LogP contribution in [-0.4, -0.2) is 18.4 Å². The predicted molar refractivity (Wildman–Crippen MR) is 104 cm³/mol. The maximum atomic E-state index is 12.7. The Morgan fingerprint density at radius 3 is 2.38 bits per heavy atom. The van der Waals surface area contributed by atoms with Gasteiger partial charge in [0.2, 0.25) is 11.8 Å². The Bertz CT molecular complexity index is 826. The van der Waals surface area contributed by atoms with Crippen molar-refractivity contribution in [3.63, 3.8) is 0 Å². The van der Waals surface area contributed by atoms with Crippen LogP contribution >= 0.6 is 11.6 Å². The third kappa shape index (κ3) is 4.07. The summed E-state index contributed by atoms with van der Waals surface area (Å²) in [7, 11) is 0. The minimum Gasteiger partial charge on any atom is -0.355 e. The third-order valence-electron chi connectivity index (χ3n) is 4.87. The summed E-state index contributed by atoms with van der Waals surface area (Å²) in [6, 6.07) is 13.4.